The first-order chi connectivity index (χ1) is 9.24. The fourth-order valence-corrected chi connectivity index (χ4v) is 2.11. The average Bonchev–Trinajstić information content (AvgIpc) is 2.86. The molecule has 2 aromatic heterocycles. The molecule has 0 unspecified atom stereocenters. The molecule has 0 atom stereocenters. The van der Waals surface area contributed by atoms with Gasteiger partial charge in [0.25, 0.3) is 5.91 Å². The lowest BCUT2D eigenvalue weighted by atomic mass is 10.1. The fourth-order valence-electron chi connectivity index (χ4n) is 2.11. The summed E-state index contributed by atoms with van der Waals surface area (Å²) in [5.41, 5.74) is 3.32. The van der Waals surface area contributed by atoms with Crippen LogP contribution in [0.15, 0.2) is 48.9 Å². The Hall–Kier alpha value is -2.62. The molecule has 1 amide bonds. The van der Waals surface area contributed by atoms with E-state index in [1.165, 1.54) is 0 Å². The van der Waals surface area contributed by atoms with Gasteiger partial charge in [0.2, 0.25) is 0 Å². The molecule has 0 bridgehead atoms. The van der Waals surface area contributed by atoms with E-state index in [0.29, 0.717) is 11.3 Å². The van der Waals surface area contributed by atoms with Gasteiger partial charge in [0.05, 0.1) is 11.9 Å². The number of aryl methyl sites for hydroxylation is 1. The summed E-state index contributed by atoms with van der Waals surface area (Å²) in [6.07, 6.45) is 5.22. The first-order valence-corrected chi connectivity index (χ1v) is 6.03. The van der Waals surface area contributed by atoms with E-state index < -0.39 is 0 Å². The third kappa shape index (κ3) is 2.20. The number of carbonyl (C=O) groups excluding carboxylic acids is 1. The summed E-state index contributed by atoms with van der Waals surface area (Å²) in [5, 5.41) is 3.78. The number of benzene rings is 1. The van der Waals surface area contributed by atoms with E-state index in [-0.39, 0.29) is 5.91 Å². The molecule has 0 saturated heterocycles. The minimum absolute atomic E-state index is 0.127. The SMILES string of the molecule is Cc1cncc(NC(=O)c2cccc3[nH]ccc23)c1. The molecule has 3 aromatic rings. The van der Waals surface area contributed by atoms with Crippen LogP contribution in [0.5, 0.6) is 0 Å². The van der Waals surface area contributed by atoms with Crippen molar-refractivity contribution in [2.45, 2.75) is 6.92 Å². The van der Waals surface area contributed by atoms with Gasteiger partial charge in [0, 0.05) is 28.9 Å². The van der Waals surface area contributed by atoms with Crippen LogP contribution in [0.2, 0.25) is 0 Å². The zero-order valence-electron chi connectivity index (χ0n) is 10.5. The lowest BCUT2D eigenvalue weighted by Crippen LogP contribution is -2.12. The molecule has 19 heavy (non-hydrogen) atoms. The second-order valence-corrected chi connectivity index (χ2v) is 4.45. The van der Waals surface area contributed by atoms with Gasteiger partial charge in [-0.25, -0.2) is 0 Å². The largest absolute Gasteiger partial charge is 0.361 e. The number of nitrogens with one attached hydrogen (secondary N) is 2. The van der Waals surface area contributed by atoms with Crippen molar-refractivity contribution in [3.05, 3.63) is 60.0 Å². The lowest BCUT2D eigenvalue weighted by molar-refractivity contribution is 0.102. The van der Waals surface area contributed by atoms with Crippen molar-refractivity contribution >= 4 is 22.5 Å². The molecule has 0 aliphatic rings. The number of anilines is 1. The molecule has 4 heteroatoms. The van der Waals surface area contributed by atoms with Gasteiger partial charge in [-0.05, 0) is 36.8 Å². The molecule has 94 valence electrons. The van der Waals surface area contributed by atoms with E-state index >= 15 is 0 Å². The van der Waals surface area contributed by atoms with Gasteiger partial charge in [-0.2, -0.15) is 0 Å². The highest BCUT2D eigenvalue weighted by Crippen LogP contribution is 2.19. The van der Waals surface area contributed by atoms with Gasteiger partial charge in [0.1, 0.15) is 0 Å². The number of hydrogen-bond acceptors (Lipinski definition) is 2. The van der Waals surface area contributed by atoms with E-state index in [4.69, 9.17) is 0 Å². The summed E-state index contributed by atoms with van der Waals surface area (Å²) < 4.78 is 0. The Morgan fingerprint density at radius 3 is 3.00 bits per heavy atom. The maximum atomic E-state index is 12.3. The minimum atomic E-state index is -0.127. The van der Waals surface area contributed by atoms with Gasteiger partial charge < -0.3 is 10.3 Å². The first-order valence-electron chi connectivity index (χ1n) is 6.03. The zero-order chi connectivity index (χ0) is 13.2. The third-order valence-electron chi connectivity index (χ3n) is 2.97. The number of aromatic amines is 1. The first kappa shape index (κ1) is 11.5. The quantitative estimate of drug-likeness (QED) is 0.735. The molecular formula is C15H13N3O. The number of amides is 1. The van der Waals surface area contributed by atoms with Crippen LogP contribution in [0.1, 0.15) is 15.9 Å². The fraction of sp³-hybridized carbons (Fsp3) is 0.0667. The van der Waals surface area contributed by atoms with Crippen LogP contribution >= 0.6 is 0 Å². The van der Waals surface area contributed by atoms with E-state index in [2.05, 4.69) is 15.3 Å². The summed E-state index contributed by atoms with van der Waals surface area (Å²) in [7, 11) is 0. The Bertz CT molecular complexity index is 746. The molecule has 0 saturated carbocycles. The number of nitrogens with zero attached hydrogens (tertiary/aromatic N) is 1. The molecule has 0 aliphatic carbocycles. The standard InChI is InChI=1S/C15H13N3O/c1-10-7-11(9-16-8-10)18-15(19)13-3-2-4-14-12(13)5-6-17-14/h2-9,17H,1H3,(H,18,19). The van der Waals surface area contributed by atoms with Crippen LogP contribution in [0.25, 0.3) is 10.9 Å². The average molecular weight is 251 g/mol. The Kier molecular flexibility index (Phi) is 2.76. The number of carbonyl (C=O) groups is 1. The topological polar surface area (TPSA) is 57.8 Å². The van der Waals surface area contributed by atoms with E-state index in [1.807, 2.05) is 43.5 Å². The van der Waals surface area contributed by atoms with Crippen molar-refractivity contribution < 1.29 is 4.79 Å². The van der Waals surface area contributed by atoms with Crippen molar-refractivity contribution in [3.8, 4) is 0 Å². The number of hydrogen-bond donors (Lipinski definition) is 2. The van der Waals surface area contributed by atoms with Crippen LogP contribution in [-0.2, 0) is 0 Å². The minimum Gasteiger partial charge on any atom is -0.361 e. The zero-order valence-corrected chi connectivity index (χ0v) is 10.5. The van der Waals surface area contributed by atoms with Crippen molar-refractivity contribution in [1.29, 1.82) is 0 Å². The van der Waals surface area contributed by atoms with Crippen LogP contribution in [0.4, 0.5) is 5.69 Å². The molecule has 2 N–H and O–H groups in total. The molecule has 0 fully saturated rings. The second kappa shape index (κ2) is 4.57. The maximum Gasteiger partial charge on any atom is 0.256 e. The van der Waals surface area contributed by atoms with Gasteiger partial charge >= 0.3 is 0 Å². The monoisotopic (exact) mass is 251 g/mol. The maximum absolute atomic E-state index is 12.3. The third-order valence-corrected chi connectivity index (χ3v) is 2.97. The van der Waals surface area contributed by atoms with Crippen molar-refractivity contribution in [2.75, 3.05) is 5.32 Å². The predicted octanol–water partition coefficient (Wildman–Crippen LogP) is 3.12. The summed E-state index contributed by atoms with van der Waals surface area (Å²) in [6, 6.07) is 9.41. The molecular weight excluding hydrogens is 238 g/mol. The van der Waals surface area contributed by atoms with E-state index in [1.54, 1.807) is 12.4 Å². The molecule has 0 aliphatic heterocycles. The highest BCUT2D eigenvalue weighted by atomic mass is 16.1. The second-order valence-electron chi connectivity index (χ2n) is 4.45. The van der Waals surface area contributed by atoms with Crippen LogP contribution in [-0.4, -0.2) is 15.9 Å². The van der Waals surface area contributed by atoms with E-state index in [9.17, 15) is 4.79 Å². The van der Waals surface area contributed by atoms with Crippen molar-refractivity contribution in [3.63, 3.8) is 0 Å². The molecule has 3 rings (SSSR count). The molecule has 1 aromatic carbocycles. The Morgan fingerprint density at radius 2 is 2.16 bits per heavy atom. The summed E-state index contributed by atoms with van der Waals surface area (Å²) in [6.45, 7) is 1.94. The summed E-state index contributed by atoms with van der Waals surface area (Å²) in [4.78, 5) is 19.4. The van der Waals surface area contributed by atoms with Gasteiger partial charge in [-0.15, -0.1) is 0 Å². The highest BCUT2D eigenvalue weighted by Gasteiger charge is 2.10. The number of rotatable bonds is 2. The number of pyridine rings is 1. The van der Waals surface area contributed by atoms with E-state index in [0.717, 1.165) is 16.5 Å². The molecule has 0 radical (unpaired) electrons. The van der Waals surface area contributed by atoms with Crippen molar-refractivity contribution in [2.24, 2.45) is 0 Å². The van der Waals surface area contributed by atoms with Gasteiger partial charge in [-0.3, -0.25) is 9.78 Å². The Morgan fingerprint density at radius 1 is 1.26 bits per heavy atom. The number of aromatic nitrogens is 2. The lowest BCUT2D eigenvalue weighted by Gasteiger charge is -2.06. The Balaban J connectivity index is 1.94. The summed E-state index contributed by atoms with van der Waals surface area (Å²) in [5.74, 6) is -0.127. The van der Waals surface area contributed by atoms with Crippen LogP contribution in [0, 0.1) is 6.92 Å². The smallest absolute Gasteiger partial charge is 0.256 e. The summed E-state index contributed by atoms with van der Waals surface area (Å²) >= 11 is 0. The van der Waals surface area contributed by atoms with Crippen LogP contribution in [0.3, 0.4) is 0 Å². The van der Waals surface area contributed by atoms with Gasteiger partial charge in [-0.1, -0.05) is 6.07 Å². The highest BCUT2D eigenvalue weighted by molar-refractivity contribution is 6.12. The van der Waals surface area contributed by atoms with Crippen LogP contribution < -0.4 is 5.32 Å². The van der Waals surface area contributed by atoms with Crippen molar-refractivity contribution in [1.82, 2.24) is 9.97 Å². The number of H-pyrrole nitrogens is 1. The molecule has 4 nitrogen and oxygen atoms in total. The normalized spacial score (nSPS) is 10.6. The molecule has 2 heterocycles. The molecule has 0 spiro atoms. The van der Waals surface area contributed by atoms with Gasteiger partial charge in [0.15, 0.2) is 0 Å². The predicted molar refractivity (Wildman–Crippen MR) is 75.2 cm³/mol. The Labute approximate surface area is 110 Å². The number of fused-ring (bicyclic) bond motifs is 1.